The van der Waals surface area contributed by atoms with E-state index in [1.807, 2.05) is 0 Å². The van der Waals surface area contributed by atoms with Crippen LogP contribution in [0.15, 0.2) is 176 Å². The van der Waals surface area contributed by atoms with Crippen LogP contribution in [-0.2, 0) is 16.2 Å². The minimum atomic E-state index is -0.0949. The number of benzene rings is 8. The van der Waals surface area contributed by atoms with Crippen molar-refractivity contribution in [2.24, 2.45) is 0 Å². The smallest absolute Gasteiger partial charge is 0.0540 e. The van der Waals surface area contributed by atoms with E-state index in [1.165, 1.54) is 100 Å². The van der Waals surface area contributed by atoms with Gasteiger partial charge in [-0.2, -0.15) is 0 Å². The molecule has 1 heteroatoms. The lowest BCUT2D eigenvalue weighted by Gasteiger charge is -2.32. The minimum Gasteiger partial charge on any atom is -0.310 e. The van der Waals surface area contributed by atoms with E-state index >= 15 is 0 Å². The van der Waals surface area contributed by atoms with Gasteiger partial charge in [-0.1, -0.05) is 187 Å². The number of hydrogen-bond acceptors (Lipinski definition) is 1. The molecule has 3 aliphatic rings. The Labute approximate surface area is 356 Å². The van der Waals surface area contributed by atoms with Gasteiger partial charge in [0.25, 0.3) is 0 Å². The van der Waals surface area contributed by atoms with Gasteiger partial charge in [0.2, 0.25) is 0 Å². The van der Waals surface area contributed by atoms with Gasteiger partial charge in [0.1, 0.15) is 0 Å². The van der Waals surface area contributed by atoms with Crippen molar-refractivity contribution in [3.05, 3.63) is 209 Å². The first-order chi connectivity index (χ1) is 29.2. The third-order valence-corrected chi connectivity index (χ3v) is 14.8. The van der Waals surface area contributed by atoms with Crippen molar-refractivity contribution in [3.8, 4) is 55.6 Å². The van der Waals surface area contributed by atoms with Crippen molar-refractivity contribution in [2.45, 2.75) is 70.6 Å². The highest BCUT2D eigenvalue weighted by Gasteiger charge is 2.42. The zero-order valence-electron chi connectivity index (χ0n) is 35.6. The van der Waals surface area contributed by atoms with Crippen LogP contribution in [0.25, 0.3) is 55.6 Å². The molecule has 0 spiro atoms. The highest BCUT2D eigenvalue weighted by molar-refractivity contribution is 5.99. The minimum absolute atomic E-state index is 0.0371. The largest absolute Gasteiger partial charge is 0.310 e. The summed E-state index contributed by atoms with van der Waals surface area (Å²) in [5.74, 6) is 0. The van der Waals surface area contributed by atoms with Crippen molar-refractivity contribution in [2.75, 3.05) is 4.90 Å². The second-order valence-electron chi connectivity index (χ2n) is 18.3. The Kier molecular flexibility index (Phi) is 8.11. The maximum atomic E-state index is 2.53. The van der Waals surface area contributed by atoms with Gasteiger partial charge in [-0.3, -0.25) is 0 Å². The molecule has 0 fully saturated rings. The zero-order chi connectivity index (χ0) is 41.0. The molecule has 0 saturated heterocycles. The molecule has 11 rings (SSSR count). The Morgan fingerprint density at radius 3 is 1.58 bits per heavy atom. The van der Waals surface area contributed by atoms with Gasteiger partial charge in [0, 0.05) is 33.2 Å². The first-order valence-corrected chi connectivity index (χ1v) is 21.9. The Morgan fingerprint density at radius 1 is 0.367 bits per heavy atom. The van der Waals surface area contributed by atoms with Crippen molar-refractivity contribution >= 4 is 17.1 Å². The molecule has 8 aromatic carbocycles. The molecule has 292 valence electrons. The lowest BCUT2D eigenvalue weighted by molar-refractivity contribution is 0.490. The number of hydrogen-bond donors (Lipinski definition) is 0. The molecule has 3 aliphatic carbocycles. The summed E-state index contributed by atoms with van der Waals surface area (Å²) in [7, 11) is 0. The number of anilines is 3. The Balaban J connectivity index is 1.12. The summed E-state index contributed by atoms with van der Waals surface area (Å²) in [4.78, 5) is 2.53. The molecule has 0 radical (unpaired) electrons. The second-order valence-corrected chi connectivity index (χ2v) is 18.3. The second kappa shape index (κ2) is 13.3. The van der Waals surface area contributed by atoms with Crippen molar-refractivity contribution in [1.29, 1.82) is 0 Å². The average Bonchev–Trinajstić information content (AvgIpc) is 3.81. The fourth-order valence-corrected chi connectivity index (χ4v) is 11.8. The maximum absolute atomic E-state index is 2.53. The summed E-state index contributed by atoms with van der Waals surface area (Å²) in [6.45, 7) is 14.2. The first-order valence-electron chi connectivity index (χ1n) is 21.9. The molecule has 8 aromatic rings. The Morgan fingerprint density at radius 2 is 0.867 bits per heavy atom. The van der Waals surface area contributed by atoms with E-state index < -0.39 is 0 Å². The van der Waals surface area contributed by atoms with Crippen molar-refractivity contribution < 1.29 is 0 Å². The SMILES string of the molecule is CCC1(CC)c2ccccc2-c2ccc(N(c3ccc(-c4cccc5c4C(C)(C)c4ccccc4-5)cc3)c3ccccc3-c3cccc4c3-c3ccccc3C4(C)C)cc21. The summed E-state index contributed by atoms with van der Waals surface area (Å²) in [5, 5.41) is 0. The van der Waals surface area contributed by atoms with E-state index in [4.69, 9.17) is 0 Å². The number of para-hydroxylation sites is 1. The molecule has 0 unspecified atom stereocenters. The van der Waals surface area contributed by atoms with Gasteiger partial charge in [-0.25, -0.2) is 0 Å². The molecule has 0 aromatic heterocycles. The van der Waals surface area contributed by atoms with Crippen molar-refractivity contribution in [1.82, 2.24) is 0 Å². The number of rotatable bonds is 7. The quantitative estimate of drug-likeness (QED) is 0.156. The molecular formula is C59H51N. The van der Waals surface area contributed by atoms with Crippen LogP contribution in [0.5, 0.6) is 0 Å². The van der Waals surface area contributed by atoms with Crippen LogP contribution in [-0.4, -0.2) is 0 Å². The van der Waals surface area contributed by atoms with E-state index in [9.17, 15) is 0 Å². The van der Waals surface area contributed by atoms with Crippen LogP contribution >= 0.6 is 0 Å². The van der Waals surface area contributed by atoms with Crippen LogP contribution in [0.4, 0.5) is 17.1 Å². The van der Waals surface area contributed by atoms with Gasteiger partial charge >= 0.3 is 0 Å². The monoisotopic (exact) mass is 773 g/mol. The predicted octanol–water partition coefficient (Wildman–Crippen LogP) is 16.2. The van der Waals surface area contributed by atoms with Gasteiger partial charge in [0.15, 0.2) is 0 Å². The fraction of sp³-hybridized carbons (Fsp3) is 0.186. The summed E-state index contributed by atoms with van der Waals surface area (Å²) >= 11 is 0. The molecule has 0 amide bonds. The van der Waals surface area contributed by atoms with Crippen LogP contribution < -0.4 is 4.90 Å². The summed E-state index contributed by atoms with van der Waals surface area (Å²) in [5.41, 5.74) is 24.9. The van der Waals surface area contributed by atoms with Gasteiger partial charge in [-0.15, -0.1) is 0 Å². The third-order valence-electron chi connectivity index (χ3n) is 14.8. The lowest BCUT2D eigenvalue weighted by Crippen LogP contribution is -2.23. The Hall–Kier alpha value is -6.44. The van der Waals surface area contributed by atoms with Gasteiger partial charge in [-0.05, 0) is 127 Å². The molecule has 60 heavy (non-hydrogen) atoms. The van der Waals surface area contributed by atoms with Crippen LogP contribution in [0.2, 0.25) is 0 Å². The number of fused-ring (bicyclic) bond motifs is 9. The number of nitrogens with zero attached hydrogens (tertiary/aromatic N) is 1. The van der Waals surface area contributed by atoms with Gasteiger partial charge < -0.3 is 4.90 Å². The molecule has 0 heterocycles. The van der Waals surface area contributed by atoms with E-state index in [-0.39, 0.29) is 16.2 Å². The standard InChI is InChI=1S/C59H51N/c1-7-59(8-2)51-28-15-10-19-42(51)44-36-35-40(37-53(44)59)60(39-33-31-38(32-34-39)41-23-17-25-47-43-20-9-13-26-49(43)58(5,6)56(41)47)54-30-16-12-21-45(54)46-24-18-29-52-55(46)48-22-11-14-27-50(48)57(52,3)4/h9-37H,7-8H2,1-6H3. The van der Waals surface area contributed by atoms with Crippen LogP contribution in [0.3, 0.4) is 0 Å². The average molecular weight is 774 g/mol. The van der Waals surface area contributed by atoms with Crippen LogP contribution in [0, 0.1) is 0 Å². The predicted molar refractivity (Wildman–Crippen MR) is 254 cm³/mol. The van der Waals surface area contributed by atoms with E-state index in [2.05, 4.69) is 222 Å². The molecule has 0 aliphatic heterocycles. The maximum Gasteiger partial charge on any atom is 0.0540 e. The van der Waals surface area contributed by atoms with E-state index in [0.717, 1.165) is 18.5 Å². The molecule has 1 nitrogen and oxygen atoms in total. The molecular weight excluding hydrogens is 723 g/mol. The van der Waals surface area contributed by atoms with E-state index in [1.54, 1.807) is 0 Å². The highest BCUT2D eigenvalue weighted by Crippen LogP contribution is 2.57. The summed E-state index contributed by atoms with van der Waals surface area (Å²) < 4.78 is 0. The normalized spacial score (nSPS) is 15.4. The van der Waals surface area contributed by atoms with Crippen molar-refractivity contribution in [3.63, 3.8) is 0 Å². The highest BCUT2D eigenvalue weighted by atomic mass is 15.1. The molecule has 0 atom stereocenters. The molecule has 0 bridgehead atoms. The summed E-state index contributed by atoms with van der Waals surface area (Å²) in [6, 6.07) is 66.6. The zero-order valence-corrected chi connectivity index (χ0v) is 35.6. The third kappa shape index (κ3) is 4.99. The fourth-order valence-electron chi connectivity index (χ4n) is 11.8. The summed E-state index contributed by atoms with van der Waals surface area (Å²) in [6.07, 6.45) is 2.10. The first kappa shape index (κ1) is 36.6. The van der Waals surface area contributed by atoms with E-state index in [0.29, 0.717) is 0 Å². The van der Waals surface area contributed by atoms with Crippen LogP contribution in [0.1, 0.15) is 87.8 Å². The lowest BCUT2D eigenvalue weighted by atomic mass is 9.74. The Bertz CT molecular complexity index is 3010. The topological polar surface area (TPSA) is 3.24 Å². The molecule has 0 N–H and O–H groups in total. The molecule has 0 saturated carbocycles. The van der Waals surface area contributed by atoms with Gasteiger partial charge in [0.05, 0.1) is 5.69 Å².